The van der Waals surface area contributed by atoms with Crippen molar-refractivity contribution in [1.82, 2.24) is 5.32 Å². The van der Waals surface area contributed by atoms with Gasteiger partial charge in [-0.25, -0.2) is 4.79 Å². The number of hydrogen-bond donors (Lipinski definition) is 2. The Bertz CT molecular complexity index is 881. The second-order valence-electron chi connectivity index (χ2n) is 5.55. The number of carboxylic acid groups (broad SMARTS) is 1. The van der Waals surface area contributed by atoms with Crippen LogP contribution >= 0.6 is 0 Å². The summed E-state index contributed by atoms with van der Waals surface area (Å²) in [5.41, 5.74) is 0.356. The molecule has 1 atom stereocenters. The van der Waals surface area contributed by atoms with E-state index < -0.39 is 23.0 Å². The van der Waals surface area contributed by atoms with Gasteiger partial charge in [0.1, 0.15) is 5.75 Å². The molecule has 0 fully saturated rings. The zero-order valence-corrected chi connectivity index (χ0v) is 13.8. The van der Waals surface area contributed by atoms with E-state index in [0.717, 1.165) is 0 Å². The topological polar surface area (TPSA) is 137 Å². The Morgan fingerprint density at radius 3 is 2.56 bits per heavy atom. The molecule has 3 rings (SSSR count). The number of nitrogens with zero attached hydrogens (tertiary/aromatic N) is 1. The van der Waals surface area contributed by atoms with Crippen LogP contribution in [0.1, 0.15) is 18.0 Å². The second kappa shape index (κ2) is 7.60. The summed E-state index contributed by atoms with van der Waals surface area (Å²) in [6, 6.07) is 8.87. The summed E-state index contributed by atoms with van der Waals surface area (Å²) in [5.74, 6) is -0.0547. The SMILES string of the molecule is O=C(O)C[C@@H](NC(=O)Oc1ccc([N+](=O)[O-])cc1)c1ccc2c(c1)OCO2. The molecule has 2 aromatic carbocycles. The van der Waals surface area contributed by atoms with E-state index in [4.69, 9.17) is 19.3 Å². The van der Waals surface area contributed by atoms with Gasteiger partial charge < -0.3 is 24.6 Å². The fourth-order valence-electron chi connectivity index (χ4n) is 2.47. The van der Waals surface area contributed by atoms with Crippen molar-refractivity contribution in [3.63, 3.8) is 0 Å². The van der Waals surface area contributed by atoms with Crippen LogP contribution in [0.2, 0.25) is 0 Å². The number of amides is 1. The van der Waals surface area contributed by atoms with Gasteiger partial charge in [-0.3, -0.25) is 14.9 Å². The predicted molar refractivity (Wildman–Crippen MR) is 89.8 cm³/mol. The number of fused-ring (bicyclic) bond motifs is 1. The molecule has 10 heteroatoms. The highest BCUT2D eigenvalue weighted by Gasteiger charge is 2.22. The fraction of sp³-hybridized carbons (Fsp3) is 0.176. The van der Waals surface area contributed by atoms with E-state index in [9.17, 15) is 19.7 Å². The number of non-ortho nitro benzene ring substituents is 1. The molecule has 2 aromatic rings. The van der Waals surface area contributed by atoms with E-state index in [1.165, 1.54) is 24.3 Å². The van der Waals surface area contributed by atoms with Crippen molar-refractivity contribution in [3.8, 4) is 17.2 Å². The average molecular weight is 374 g/mol. The van der Waals surface area contributed by atoms with Crippen molar-refractivity contribution in [2.45, 2.75) is 12.5 Å². The number of hydrogen-bond acceptors (Lipinski definition) is 7. The zero-order valence-electron chi connectivity index (χ0n) is 13.8. The molecular weight excluding hydrogens is 360 g/mol. The highest BCUT2D eigenvalue weighted by atomic mass is 16.7. The summed E-state index contributed by atoms with van der Waals surface area (Å²) >= 11 is 0. The monoisotopic (exact) mass is 374 g/mol. The molecule has 0 saturated heterocycles. The van der Waals surface area contributed by atoms with Gasteiger partial charge in [-0.2, -0.15) is 0 Å². The zero-order chi connectivity index (χ0) is 19.4. The molecule has 0 aromatic heterocycles. The Morgan fingerprint density at radius 1 is 1.19 bits per heavy atom. The van der Waals surface area contributed by atoms with Crippen LogP contribution < -0.4 is 19.5 Å². The number of carbonyl (C=O) groups is 2. The molecule has 0 spiro atoms. The predicted octanol–water partition coefficient (Wildman–Crippen LogP) is 2.63. The number of nitro benzene ring substituents is 1. The molecule has 140 valence electrons. The van der Waals surface area contributed by atoms with Crippen LogP contribution in [-0.2, 0) is 4.79 Å². The van der Waals surface area contributed by atoms with Crippen LogP contribution in [0.5, 0.6) is 17.2 Å². The summed E-state index contributed by atoms with van der Waals surface area (Å²) in [4.78, 5) is 33.3. The molecule has 2 N–H and O–H groups in total. The number of nitro groups is 1. The lowest BCUT2D eigenvalue weighted by molar-refractivity contribution is -0.384. The van der Waals surface area contributed by atoms with Crippen molar-refractivity contribution >= 4 is 17.7 Å². The first-order valence-electron chi connectivity index (χ1n) is 7.76. The van der Waals surface area contributed by atoms with E-state index in [0.29, 0.717) is 17.1 Å². The van der Waals surface area contributed by atoms with E-state index in [-0.39, 0.29) is 24.7 Å². The van der Waals surface area contributed by atoms with Crippen molar-refractivity contribution in [2.24, 2.45) is 0 Å². The Hall–Kier alpha value is -3.82. The number of carbonyl (C=O) groups excluding carboxylic acids is 1. The van der Waals surface area contributed by atoms with Gasteiger partial charge in [0, 0.05) is 12.1 Å². The van der Waals surface area contributed by atoms with Gasteiger partial charge >= 0.3 is 12.1 Å². The Labute approximate surface area is 152 Å². The van der Waals surface area contributed by atoms with E-state index in [1.807, 2.05) is 0 Å². The second-order valence-corrected chi connectivity index (χ2v) is 5.55. The molecule has 0 unspecified atom stereocenters. The van der Waals surface area contributed by atoms with Crippen LogP contribution in [0.3, 0.4) is 0 Å². The third-order valence-corrected chi connectivity index (χ3v) is 3.73. The average Bonchev–Trinajstić information content (AvgIpc) is 3.09. The number of carboxylic acids is 1. The molecule has 1 aliphatic heterocycles. The van der Waals surface area contributed by atoms with Gasteiger partial charge in [0.25, 0.3) is 5.69 Å². The van der Waals surface area contributed by atoms with Crippen LogP contribution in [0.25, 0.3) is 0 Å². The maximum Gasteiger partial charge on any atom is 0.413 e. The lowest BCUT2D eigenvalue weighted by atomic mass is 10.0. The molecule has 1 amide bonds. The first-order chi connectivity index (χ1) is 12.9. The smallest absolute Gasteiger partial charge is 0.413 e. The maximum atomic E-state index is 12.1. The van der Waals surface area contributed by atoms with Crippen LogP contribution in [0.4, 0.5) is 10.5 Å². The van der Waals surface area contributed by atoms with Gasteiger partial charge in [0.2, 0.25) is 6.79 Å². The Morgan fingerprint density at radius 2 is 1.89 bits per heavy atom. The minimum Gasteiger partial charge on any atom is -0.481 e. The number of rotatable bonds is 6. The number of aliphatic carboxylic acids is 1. The van der Waals surface area contributed by atoms with Crippen molar-refractivity contribution in [3.05, 3.63) is 58.1 Å². The molecule has 1 aliphatic rings. The lowest BCUT2D eigenvalue weighted by Gasteiger charge is -2.17. The largest absolute Gasteiger partial charge is 0.481 e. The molecule has 10 nitrogen and oxygen atoms in total. The highest BCUT2D eigenvalue weighted by Crippen LogP contribution is 2.34. The Balaban J connectivity index is 1.71. The molecule has 1 heterocycles. The number of nitrogens with one attached hydrogen (secondary N) is 1. The minimum atomic E-state index is -1.12. The summed E-state index contributed by atoms with van der Waals surface area (Å²) in [6.07, 6.45) is -1.28. The first-order valence-corrected chi connectivity index (χ1v) is 7.76. The first kappa shape index (κ1) is 18.0. The van der Waals surface area contributed by atoms with Gasteiger partial charge in [0.15, 0.2) is 11.5 Å². The Kier molecular flexibility index (Phi) is 5.06. The van der Waals surface area contributed by atoms with Gasteiger partial charge in [-0.05, 0) is 29.8 Å². The fourth-order valence-corrected chi connectivity index (χ4v) is 2.47. The molecule has 0 saturated carbocycles. The normalized spacial score (nSPS) is 12.9. The summed E-state index contributed by atoms with van der Waals surface area (Å²) in [5, 5.41) is 22.2. The van der Waals surface area contributed by atoms with Crippen LogP contribution in [0.15, 0.2) is 42.5 Å². The third kappa shape index (κ3) is 4.42. The molecule has 0 radical (unpaired) electrons. The van der Waals surface area contributed by atoms with Gasteiger partial charge in [-0.1, -0.05) is 6.07 Å². The standard InChI is InChI=1S/C17H14N2O8/c20-16(21)8-13(10-1-6-14-15(7-10)26-9-25-14)18-17(22)27-12-4-2-11(3-5-12)19(23)24/h1-7,13H,8-9H2,(H,18,22)(H,20,21)/t13-/m1/s1. The summed E-state index contributed by atoms with van der Waals surface area (Å²) in [6.45, 7) is 0.0675. The summed E-state index contributed by atoms with van der Waals surface area (Å²) < 4.78 is 15.5. The molecule has 27 heavy (non-hydrogen) atoms. The molecule has 0 bridgehead atoms. The number of benzene rings is 2. The molecule has 0 aliphatic carbocycles. The lowest BCUT2D eigenvalue weighted by Crippen LogP contribution is -2.32. The van der Waals surface area contributed by atoms with Crippen molar-refractivity contribution in [2.75, 3.05) is 6.79 Å². The van der Waals surface area contributed by atoms with Gasteiger partial charge in [-0.15, -0.1) is 0 Å². The van der Waals surface area contributed by atoms with E-state index >= 15 is 0 Å². The third-order valence-electron chi connectivity index (χ3n) is 3.73. The van der Waals surface area contributed by atoms with Crippen LogP contribution in [-0.4, -0.2) is 28.9 Å². The number of ether oxygens (including phenoxy) is 3. The van der Waals surface area contributed by atoms with Crippen molar-refractivity contribution < 1.29 is 33.8 Å². The quantitative estimate of drug-likeness (QED) is 0.581. The highest BCUT2D eigenvalue weighted by molar-refractivity contribution is 5.73. The maximum absolute atomic E-state index is 12.1. The van der Waals surface area contributed by atoms with E-state index in [1.54, 1.807) is 18.2 Å². The van der Waals surface area contributed by atoms with E-state index in [2.05, 4.69) is 5.32 Å². The minimum absolute atomic E-state index is 0.0675. The van der Waals surface area contributed by atoms with Crippen LogP contribution in [0, 0.1) is 10.1 Å². The van der Waals surface area contributed by atoms with Crippen molar-refractivity contribution in [1.29, 1.82) is 0 Å². The van der Waals surface area contributed by atoms with Gasteiger partial charge in [0.05, 0.1) is 17.4 Å². The summed E-state index contributed by atoms with van der Waals surface area (Å²) in [7, 11) is 0. The molecular formula is C17H14N2O8.